The normalized spacial score (nSPS) is 17.6. The predicted octanol–water partition coefficient (Wildman–Crippen LogP) is 3.16. The Hall–Kier alpha value is -2.98. The average Bonchev–Trinajstić information content (AvgIpc) is 2.94. The summed E-state index contributed by atoms with van der Waals surface area (Å²) in [7, 11) is 4.17. The molecule has 0 radical (unpaired) electrons. The van der Waals surface area contributed by atoms with Gasteiger partial charge in [-0.05, 0) is 75.5 Å². The number of carbonyl (C=O) groups excluding carboxylic acids is 3. The number of amides is 3. The maximum absolute atomic E-state index is 13.2. The number of hydrogen-bond donors (Lipinski definition) is 2. The summed E-state index contributed by atoms with van der Waals surface area (Å²) in [5.41, 5.74) is 1.96. The van der Waals surface area contributed by atoms with E-state index < -0.39 is 0 Å². The minimum atomic E-state index is -0.388. The maximum Gasteiger partial charge on any atom is 0.251 e. The van der Waals surface area contributed by atoms with Crippen molar-refractivity contribution in [1.82, 2.24) is 20.0 Å². The summed E-state index contributed by atoms with van der Waals surface area (Å²) in [5, 5.41) is 6.58. The molecule has 2 aromatic carbocycles. The molecule has 0 spiro atoms. The molecule has 2 heterocycles. The number of piperidine rings is 1. The Kier molecular flexibility index (Phi) is 10.9. The molecule has 3 amide bonds. The third kappa shape index (κ3) is 9.02. The quantitative estimate of drug-likeness (QED) is 0.433. The van der Waals surface area contributed by atoms with Crippen LogP contribution in [0.4, 0.5) is 11.4 Å². The number of carbonyl (C=O) groups is 3. The molecule has 0 saturated carbocycles. The number of rotatable bonds is 11. The molecule has 0 bridgehead atoms. The highest BCUT2D eigenvalue weighted by Gasteiger charge is 2.22. The van der Waals surface area contributed by atoms with E-state index in [9.17, 15) is 14.4 Å². The van der Waals surface area contributed by atoms with E-state index in [1.807, 2.05) is 19.2 Å². The molecule has 1 atom stereocenters. The van der Waals surface area contributed by atoms with Crippen LogP contribution in [0.3, 0.4) is 0 Å². The van der Waals surface area contributed by atoms with Gasteiger partial charge < -0.3 is 25.3 Å². The molecular formula is C30H41ClN6O3. The Morgan fingerprint density at radius 2 is 1.68 bits per heavy atom. The van der Waals surface area contributed by atoms with E-state index in [4.69, 9.17) is 11.6 Å². The fourth-order valence-electron chi connectivity index (χ4n) is 5.12. The standard InChI is InChI=1S/C30H41ClN6O3/c1-34-15-18-36(19-16-34)20-17-35(2)22-26(21-28(38)32-25-10-8-24(31)9-11-25)33-30(40)23-6-12-27(13-7-23)37-14-4-3-5-29(37)39/h6-13,26H,3-5,14-22H2,1-2H3,(H,32,38)(H,33,40). The summed E-state index contributed by atoms with van der Waals surface area (Å²) < 4.78 is 0. The molecule has 2 saturated heterocycles. The highest BCUT2D eigenvalue weighted by molar-refractivity contribution is 6.30. The predicted molar refractivity (Wildman–Crippen MR) is 160 cm³/mol. The number of halogens is 1. The Labute approximate surface area is 242 Å². The van der Waals surface area contributed by atoms with Crippen molar-refractivity contribution in [2.24, 2.45) is 0 Å². The Morgan fingerprint density at radius 3 is 2.35 bits per heavy atom. The first-order valence-electron chi connectivity index (χ1n) is 14.1. The van der Waals surface area contributed by atoms with Gasteiger partial charge in [0.1, 0.15) is 0 Å². The summed E-state index contributed by atoms with van der Waals surface area (Å²) in [5.74, 6) is -0.304. The van der Waals surface area contributed by atoms with Crippen LogP contribution < -0.4 is 15.5 Å². The number of nitrogens with one attached hydrogen (secondary N) is 2. The van der Waals surface area contributed by atoms with Gasteiger partial charge in [0, 0.05) is 87.2 Å². The van der Waals surface area contributed by atoms with Crippen molar-refractivity contribution in [1.29, 1.82) is 0 Å². The van der Waals surface area contributed by atoms with Gasteiger partial charge in [0.15, 0.2) is 0 Å². The van der Waals surface area contributed by atoms with Crippen LogP contribution in [-0.4, -0.2) is 105 Å². The van der Waals surface area contributed by atoms with Gasteiger partial charge in [0.05, 0.1) is 6.04 Å². The number of piperazine rings is 1. The van der Waals surface area contributed by atoms with Gasteiger partial charge >= 0.3 is 0 Å². The highest BCUT2D eigenvalue weighted by atomic mass is 35.5. The molecule has 2 N–H and O–H groups in total. The molecule has 40 heavy (non-hydrogen) atoms. The molecular weight excluding hydrogens is 528 g/mol. The topological polar surface area (TPSA) is 88.2 Å². The van der Waals surface area contributed by atoms with Crippen molar-refractivity contribution in [3.05, 3.63) is 59.1 Å². The van der Waals surface area contributed by atoms with Gasteiger partial charge in [-0.15, -0.1) is 0 Å². The second-order valence-electron chi connectivity index (χ2n) is 10.9. The molecule has 2 fully saturated rings. The van der Waals surface area contributed by atoms with Crippen LogP contribution in [0.25, 0.3) is 0 Å². The molecule has 2 aromatic rings. The van der Waals surface area contributed by atoms with Crippen molar-refractivity contribution in [2.45, 2.75) is 31.7 Å². The molecule has 2 aliphatic heterocycles. The van der Waals surface area contributed by atoms with Gasteiger partial charge in [-0.25, -0.2) is 0 Å². The molecule has 0 aliphatic carbocycles. The number of likely N-dealkylation sites (N-methyl/N-ethyl adjacent to an activating group) is 2. The van der Waals surface area contributed by atoms with Gasteiger partial charge in [0.2, 0.25) is 11.8 Å². The van der Waals surface area contributed by atoms with Gasteiger partial charge in [-0.1, -0.05) is 11.6 Å². The summed E-state index contributed by atoms with van der Waals surface area (Å²) in [6.07, 6.45) is 2.60. The molecule has 0 aromatic heterocycles. The zero-order chi connectivity index (χ0) is 28.5. The van der Waals surface area contributed by atoms with Crippen molar-refractivity contribution in [3.63, 3.8) is 0 Å². The van der Waals surface area contributed by atoms with Crippen LogP contribution in [0.5, 0.6) is 0 Å². The monoisotopic (exact) mass is 568 g/mol. The summed E-state index contributed by atoms with van der Waals surface area (Å²) in [6, 6.07) is 13.7. The van der Waals surface area contributed by atoms with E-state index in [2.05, 4.69) is 32.4 Å². The summed E-state index contributed by atoms with van der Waals surface area (Å²) in [4.78, 5) is 47.2. The fraction of sp³-hybridized carbons (Fsp3) is 0.500. The van der Waals surface area contributed by atoms with Gasteiger partial charge in [-0.2, -0.15) is 0 Å². The van der Waals surface area contributed by atoms with Gasteiger partial charge in [0.25, 0.3) is 5.91 Å². The fourth-order valence-corrected chi connectivity index (χ4v) is 5.25. The first-order chi connectivity index (χ1) is 19.3. The van der Waals surface area contributed by atoms with Crippen LogP contribution in [0.15, 0.2) is 48.5 Å². The second kappa shape index (κ2) is 14.6. The van der Waals surface area contributed by atoms with E-state index in [0.717, 1.165) is 57.8 Å². The summed E-state index contributed by atoms with van der Waals surface area (Å²) in [6.45, 7) is 7.26. The van der Waals surface area contributed by atoms with Crippen molar-refractivity contribution in [2.75, 3.05) is 76.7 Å². The lowest BCUT2D eigenvalue weighted by Gasteiger charge is -2.34. The van der Waals surface area contributed by atoms with E-state index in [1.54, 1.807) is 41.3 Å². The van der Waals surface area contributed by atoms with E-state index in [-0.39, 0.29) is 30.2 Å². The van der Waals surface area contributed by atoms with Gasteiger partial charge in [-0.3, -0.25) is 19.3 Å². The van der Waals surface area contributed by atoms with Crippen LogP contribution in [0.2, 0.25) is 5.02 Å². The van der Waals surface area contributed by atoms with Crippen molar-refractivity contribution in [3.8, 4) is 0 Å². The Bertz CT molecular complexity index is 1140. The maximum atomic E-state index is 13.2. The Balaban J connectivity index is 1.37. The van der Waals surface area contributed by atoms with E-state index in [1.165, 1.54) is 0 Å². The molecule has 4 rings (SSSR count). The number of nitrogens with zero attached hydrogens (tertiary/aromatic N) is 4. The van der Waals surface area contributed by atoms with Crippen LogP contribution in [-0.2, 0) is 9.59 Å². The zero-order valence-corrected chi connectivity index (χ0v) is 24.3. The van der Waals surface area contributed by atoms with E-state index >= 15 is 0 Å². The van der Waals surface area contributed by atoms with Crippen LogP contribution in [0.1, 0.15) is 36.0 Å². The van der Waals surface area contributed by atoms with Crippen LogP contribution >= 0.6 is 11.6 Å². The third-order valence-electron chi connectivity index (χ3n) is 7.59. The second-order valence-corrected chi connectivity index (χ2v) is 11.3. The lowest BCUT2D eigenvalue weighted by molar-refractivity contribution is -0.119. The zero-order valence-electron chi connectivity index (χ0n) is 23.6. The minimum Gasteiger partial charge on any atom is -0.347 e. The first kappa shape index (κ1) is 30.0. The smallest absolute Gasteiger partial charge is 0.251 e. The third-order valence-corrected chi connectivity index (χ3v) is 7.84. The van der Waals surface area contributed by atoms with E-state index in [0.29, 0.717) is 35.8 Å². The first-order valence-corrected chi connectivity index (χ1v) is 14.5. The van der Waals surface area contributed by atoms with Crippen molar-refractivity contribution < 1.29 is 14.4 Å². The average molecular weight is 569 g/mol. The molecule has 216 valence electrons. The molecule has 9 nitrogen and oxygen atoms in total. The number of benzene rings is 2. The number of anilines is 2. The molecule has 2 aliphatic rings. The number of hydrogen-bond acceptors (Lipinski definition) is 6. The summed E-state index contributed by atoms with van der Waals surface area (Å²) >= 11 is 5.97. The molecule has 1 unspecified atom stereocenters. The SMILES string of the molecule is CN1CCN(CCN(C)CC(CC(=O)Nc2ccc(Cl)cc2)NC(=O)c2ccc(N3CCCCC3=O)cc2)CC1. The molecule has 10 heteroatoms. The lowest BCUT2D eigenvalue weighted by Crippen LogP contribution is -2.48. The largest absolute Gasteiger partial charge is 0.347 e. The minimum absolute atomic E-state index is 0.120. The Morgan fingerprint density at radius 1 is 0.975 bits per heavy atom. The highest BCUT2D eigenvalue weighted by Crippen LogP contribution is 2.21. The van der Waals surface area contributed by atoms with Crippen molar-refractivity contribution >= 4 is 40.7 Å². The lowest BCUT2D eigenvalue weighted by atomic mass is 10.1. The van der Waals surface area contributed by atoms with Crippen LogP contribution in [0, 0.1) is 0 Å².